The van der Waals surface area contributed by atoms with Crippen LogP contribution in [0.2, 0.25) is 0 Å². The fourth-order valence-electron chi connectivity index (χ4n) is 1.67. The van der Waals surface area contributed by atoms with E-state index >= 15 is 0 Å². The molecule has 1 amide bonds. The Balaban J connectivity index is 2.41. The molecular weight excluding hydrogens is 232 g/mol. The van der Waals surface area contributed by atoms with Gasteiger partial charge in [-0.1, -0.05) is 12.1 Å². The average molecular weight is 246 g/mol. The summed E-state index contributed by atoms with van der Waals surface area (Å²) in [6.45, 7) is 1.53. The van der Waals surface area contributed by atoms with Crippen LogP contribution in [0.1, 0.15) is 17.4 Å². The summed E-state index contributed by atoms with van der Waals surface area (Å²) >= 11 is 0. The molecule has 0 bridgehead atoms. The van der Waals surface area contributed by atoms with Crippen molar-refractivity contribution in [2.75, 3.05) is 6.61 Å². The van der Waals surface area contributed by atoms with Crippen molar-refractivity contribution in [3.8, 4) is 0 Å². The molecule has 0 aliphatic carbocycles. The number of nitrogens with one attached hydrogen (secondary N) is 2. The van der Waals surface area contributed by atoms with E-state index in [4.69, 9.17) is 5.11 Å². The average Bonchev–Trinajstić information content (AvgIpc) is 2.38. The van der Waals surface area contributed by atoms with Gasteiger partial charge in [-0.25, -0.2) is 0 Å². The lowest BCUT2D eigenvalue weighted by Crippen LogP contribution is -2.35. The molecular formula is C13H14N2O3. The van der Waals surface area contributed by atoms with Gasteiger partial charge in [-0.3, -0.25) is 9.59 Å². The molecule has 3 N–H and O–H groups in total. The summed E-state index contributed by atoms with van der Waals surface area (Å²) in [5.74, 6) is -0.403. The summed E-state index contributed by atoms with van der Waals surface area (Å²) in [5, 5.41) is 12.0. The van der Waals surface area contributed by atoms with E-state index in [-0.39, 0.29) is 23.8 Å². The van der Waals surface area contributed by atoms with E-state index in [1.165, 1.54) is 6.07 Å². The third-order valence-corrected chi connectivity index (χ3v) is 2.63. The number of fused-ring (bicyclic) bond motifs is 1. The van der Waals surface area contributed by atoms with E-state index in [1.54, 1.807) is 31.2 Å². The minimum absolute atomic E-state index is 0.149. The van der Waals surface area contributed by atoms with Crippen molar-refractivity contribution >= 4 is 16.8 Å². The molecule has 0 spiro atoms. The molecule has 2 aromatic rings. The van der Waals surface area contributed by atoms with Crippen LogP contribution >= 0.6 is 0 Å². The first kappa shape index (κ1) is 12.3. The van der Waals surface area contributed by atoms with Gasteiger partial charge in [0.15, 0.2) is 5.43 Å². The number of pyridine rings is 1. The van der Waals surface area contributed by atoms with Crippen molar-refractivity contribution in [3.05, 3.63) is 46.2 Å². The van der Waals surface area contributed by atoms with Gasteiger partial charge in [-0.15, -0.1) is 0 Å². The Morgan fingerprint density at radius 3 is 2.89 bits per heavy atom. The van der Waals surface area contributed by atoms with E-state index in [9.17, 15) is 9.59 Å². The highest BCUT2D eigenvalue weighted by Crippen LogP contribution is 2.07. The van der Waals surface area contributed by atoms with Gasteiger partial charge in [0.1, 0.15) is 5.69 Å². The van der Waals surface area contributed by atoms with Crippen LogP contribution in [0.15, 0.2) is 35.1 Å². The molecule has 5 heteroatoms. The van der Waals surface area contributed by atoms with Gasteiger partial charge in [0.25, 0.3) is 5.91 Å². The molecule has 0 aliphatic rings. The van der Waals surface area contributed by atoms with Crippen LogP contribution in [0.4, 0.5) is 0 Å². The highest BCUT2D eigenvalue weighted by atomic mass is 16.3. The maximum atomic E-state index is 11.8. The van der Waals surface area contributed by atoms with Gasteiger partial charge < -0.3 is 15.4 Å². The first-order valence-electron chi connectivity index (χ1n) is 5.65. The van der Waals surface area contributed by atoms with Gasteiger partial charge >= 0.3 is 0 Å². The van der Waals surface area contributed by atoms with Crippen molar-refractivity contribution in [1.82, 2.24) is 10.3 Å². The number of H-pyrrole nitrogens is 1. The lowest BCUT2D eigenvalue weighted by Gasteiger charge is -2.10. The summed E-state index contributed by atoms with van der Waals surface area (Å²) < 4.78 is 0. The van der Waals surface area contributed by atoms with Gasteiger partial charge in [-0.2, -0.15) is 0 Å². The number of amides is 1. The Labute approximate surface area is 103 Å². The molecule has 0 saturated carbocycles. The standard InChI is InChI=1S/C13H14N2O3/c1-8(7-16)14-13(18)11-6-12(17)9-4-2-3-5-10(9)15-11/h2-6,8,16H,7H2,1H3,(H,14,18)(H,15,17). The van der Waals surface area contributed by atoms with E-state index in [1.807, 2.05) is 0 Å². The zero-order chi connectivity index (χ0) is 13.1. The predicted molar refractivity (Wildman–Crippen MR) is 68.6 cm³/mol. The maximum Gasteiger partial charge on any atom is 0.268 e. The van der Waals surface area contributed by atoms with Gasteiger partial charge in [0, 0.05) is 23.0 Å². The van der Waals surface area contributed by atoms with E-state index in [0.717, 1.165) is 0 Å². The van der Waals surface area contributed by atoms with Crippen molar-refractivity contribution in [2.45, 2.75) is 13.0 Å². The zero-order valence-electron chi connectivity index (χ0n) is 9.93. The number of carbonyl (C=O) groups excluding carboxylic acids is 1. The number of rotatable bonds is 3. The Morgan fingerprint density at radius 1 is 1.44 bits per heavy atom. The lowest BCUT2D eigenvalue weighted by atomic mass is 10.2. The molecule has 0 radical (unpaired) electrons. The third-order valence-electron chi connectivity index (χ3n) is 2.63. The highest BCUT2D eigenvalue weighted by Gasteiger charge is 2.11. The van der Waals surface area contributed by atoms with Crippen molar-refractivity contribution < 1.29 is 9.90 Å². The fourth-order valence-corrected chi connectivity index (χ4v) is 1.67. The molecule has 94 valence electrons. The van der Waals surface area contributed by atoms with Crippen LogP contribution in [-0.2, 0) is 0 Å². The normalized spacial score (nSPS) is 12.3. The molecule has 18 heavy (non-hydrogen) atoms. The molecule has 1 unspecified atom stereocenters. The fraction of sp³-hybridized carbons (Fsp3) is 0.231. The largest absolute Gasteiger partial charge is 0.394 e. The summed E-state index contributed by atoms with van der Waals surface area (Å²) in [5.41, 5.74) is 0.608. The molecule has 0 aliphatic heterocycles. The van der Waals surface area contributed by atoms with Crippen molar-refractivity contribution in [2.24, 2.45) is 0 Å². The number of aromatic nitrogens is 1. The van der Waals surface area contributed by atoms with Crippen LogP contribution < -0.4 is 10.7 Å². The summed E-state index contributed by atoms with van der Waals surface area (Å²) in [4.78, 5) is 26.5. The Morgan fingerprint density at radius 2 is 2.17 bits per heavy atom. The zero-order valence-corrected chi connectivity index (χ0v) is 9.93. The molecule has 5 nitrogen and oxygen atoms in total. The van der Waals surface area contributed by atoms with Crippen LogP contribution in [0.25, 0.3) is 10.9 Å². The van der Waals surface area contributed by atoms with E-state index < -0.39 is 5.91 Å². The first-order chi connectivity index (χ1) is 8.61. The summed E-state index contributed by atoms with van der Waals surface area (Å²) in [7, 11) is 0. The van der Waals surface area contributed by atoms with Gasteiger partial charge in [-0.05, 0) is 19.1 Å². The minimum Gasteiger partial charge on any atom is -0.394 e. The first-order valence-corrected chi connectivity index (χ1v) is 5.65. The highest BCUT2D eigenvalue weighted by molar-refractivity contribution is 5.94. The second kappa shape index (κ2) is 5.01. The van der Waals surface area contributed by atoms with Crippen molar-refractivity contribution in [3.63, 3.8) is 0 Å². The second-order valence-corrected chi connectivity index (χ2v) is 4.15. The predicted octanol–water partition coefficient (Wildman–Crippen LogP) is 0.639. The Bertz CT molecular complexity index is 633. The number of hydrogen-bond acceptors (Lipinski definition) is 3. The summed E-state index contributed by atoms with van der Waals surface area (Å²) in [6, 6.07) is 7.91. The van der Waals surface area contributed by atoms with Crippen LogP contribution in [0, 0.1) is 0 Å². The van der Waals surface area contributed by atoms with E-state index in [2.05, 4.69) is 10.3 Å². The smallest absolute Gasteiger partial charge is 0.268 e. The molecule has 1 heterocycles. The van der Waals surface area contributed by atoms with E-state index in [0.29, 0.717) is 10.9 Å². The SMILES string of the molecule is CC(CO)NC(=O)c1cc(=O)c2ccccc2[nH]1. The molecule has 0 saturated heterocycles. The number of aliphatic hydroxyl groups excluding tert-OH is 1. The maximum absolute atomic E-state index is 11.8. The molecule has 1 aromatic carbocycles. The molecule has 2 rings (SSSR count). The number of aliphatic hydroxyl groups is 1. The van der Waals surface area contributed by atoms with Gasteiger partial charge in [0.2, 0.25) is 0 Å². The summed E-state index contributed by atoms with van der Waals surface area (Å²) in [6.07, 6.45) is 0. The number of aromatic amines is 1. The number of carbonyl (C=O) groups is 1. The minimum atomic E-state index is -0.403. The quantitative estimate of drug-likeness (QED) is 0.743. The van der Waals surface area contributed by atoms with Crippen LogP contribution in [0.5, 0.6) is 0 Å². The Hall–Kier alpha value is -2.14. The Kier molecular flexibility index (Phi) is 3.43. The van der Waals surface area contributed by atoms with Crippen LogP contribution in [0.3, 0.4) is 0 Å². The molecule has 1 aromatic heterocycles. The van der Waals surface area contributed by atoms with Gasteiger partial charge in [0.05, 0.1) is 6.61 Å². The topological polar surface area (TPSA) is 82.2 Å². The second-order valence-electron chi connectivity index (χ2n) is 4.15. The van der Waals surface area contributed by atoms with Crippen molar-refractivity contribution in [1.29, 1.82) is 0 Å². The molecule has 1 atom stereocenters. The number of hydrogen-bond donors (Lipinski definition) is 3. The number of benzene rings is 1. The van der Waals surface area contributed by atoms with Crippen LogP contribution in [-0.4, -0.2) is 28.6 Å². The third kappa shape index (κ3) is 2.41. The number of para-hydroxylation sites is 1. The molecule has 0 fully saturated rings. The lowest BCUT2D eigenvalue weighted by molar-refractivity contribution is 0.0917. The monoisotopic (exact) mass is 246 g/mol.